The third kappa shape index (κ3) is 7.93. The van der Waals surface area contributed by atoms with Gasteiger partial charge in [-0.15, -0.1) is 6.58 Å². The van der Waals surface area contributed by atoms with Crippen LogP contribution in [0.5, 0.6) is 0 Å². The summed E-state index contributed by atoms with van der Waals surface area (Å²) in [4.78, 5) is 31.6. The number of likely N-dealkylation sites (tertiary alicyclic amines) is 1. The van der Waals surface area contributed by atoms with Crippen LogP contribution in [-0.4, -0.2) is 58.6 Å². The van der Waals surface area contributed by atoms with Crippen LogP contribution in [0.1, 0.15) is 19.8 Å². The highest BCUT2D eigenvalue weighted by molar-refractivity contribution is 6.27. The van der Waals surface area contributed by atoms with Gasteiger partial charge in [-0.25, -0.2) is 9.59 Å². The molecule has 1 aliphatic rings. The number of rotatable bonds is 4. The number of amides is 1. The van der Waals surface area contributed by atoms with Gasteiger partial charge in [0.2, 0.25) is 5.91 Å². The molecule has 0 aromatic heterocycles. The standard InChI is InChI=1S/C10H18N2O.C2H2O4/c1-3-6-12-7-5-9(8-12)11-10(13)4-2;3-1(4)2(5)6/h3,9H,1,4-8H2,2H3,(H,11,13);(H,3,4)(H,5,6). The summed E-state index contributed by atoms with van der Waals surface area (Å²) in [5, 5.41) is 17.8. The molecule has 7 heteroatoms. The fraction of sp³-hybridized carbons (Fsp3) is 0.583. The molecule has 0 aromatic rings. The van der Waals surface area contributed by atoms with Crippen LogP contribution < -0.4 is 5.32 Å². The van der Waals surface area contributed by atoms with E-state index >= 15 is 0 Å². The van der Waals surface area contributed by atoms with Gasteiger partial charge >= 0.3 is 11.9 Å². The summed E-state index contributed by atoms with van der Waals surface area (Å²) >= 11 is 0. The average Bonchev–Trinajstić information content (AvgIpc) is 2.77. The fourth-order valence-electron chi connectivity index (χ4n) is 1.63. The number of carbonyl (C=O) groups excluding carboxylic acids is 1. The van der Waals surface area contributed by atoms with E-state index in [2.05, 4.69) is 16.8 Å². The van der Waals surface area contributed by atoms with Gasteiger partial charge in [0.05, 0.1) is 0 Å². The zero-order chi connectivity index (χ0) is 14.8. The Balaban J connectivity index is 0.000000459. The van der Waals surface area contributed by atoms with Crippen LogP contribution in [0.25, 0.3) is 0 Å². The largest absolute Gasteiger partial charge is 0.473 e. The summed E-state index contributed by atoms with van der Waals surface area (Å²) in [5.41, 5.74) is 0. The summed E-state index contributed by atoms with van der Waals surface area (Å²) in [5.74, 6) is -3.49. The van der Waals surface area contributed by atoms with E-state index in [-0.39, 0.29) is 5.91 Å². The van der Waals surface area contributed by atoms with Crippen LogP contribution in [0.3, 0.4) is 0 Å². The molecule has 0 aliphatic carbocycles. The highest BCUT2D eigenvalue weighted by Gasteiger charge is 2.21. The van der Waals surface area contributed by atoms with Crippen molar-refractivity contribution in [3.8, 4) is 0 Å². The van der Waals surface area contributed by atoms with Gasteiger partial charge in [-0.05, 0) is 6.42 Å². The molecule has 1 fully saturated rings. The number of carboxylic acids is 2. The maximum absolute atomic E-state index is 11.1. The molecule has 0 aromatic carbocycles. The highest BCUT2D eigenvalue weighted by Crippen LogP contribution is 2.08. The molecule has 1 unspecified atom stereocenters. The van der Waals surface area contributed by atoms with E-state index in [1.165, 1.54) is 0 Å². The maximum atomic E-state index is 11.1. The zero-order valence-corrected chi connectivity index (χ0v) is 11.0. The third-order valence-electron chi connectivity index (χ3n) is 2.53. The maximum Gasteiger partial charge on any atom is 0.414 e. The van der Waals surface area contributed by atoms with Crippen LogP contribution in [0, 0.1) is 0 Å². The van der Waals surface area contributed by atoms with E-state index in [9.17, 15) is 4.79 Å². The van der Waals surface area contributed by atoms with E-state index in [4.69, 9.17) is 19.8 Å². The Labute approximate surface area is 111 Å². The molecule has 0 spiro atoms. The molecule has 0 radical (unpaired) electrons. The molecule has 1 aliphatic heterocycles. The Morgan fingerprint density at radius 1 is 1.37 bits per heavy atom. The van der Waals surface area contributed by atoms with E-state index in [0.29, 0.717) is 12.5 Å². The Morgan fingerprint density at radius 3 is 2.37 bits per heavy atom. The topological polar surface area (TPSA) is 107 Å². The molecule has 1 saturated heterocycles. The van der Waals surface area contributed by atoms with Crippen molar-refractivity contribution in [3.63, 3.8) is 0 Å². The summed E-state index contributed by atoms with van der Waals surface area (Å²) in [6.07, 6.45) is 3.56. The van der Waals surface area contributed by atoms with Gasteiger partial charge in [0, 0.05) is 32.1 Å². The predicted octanol–water partition coefficient (Wildman–Crippen LogP) is -0.0715. The highest BCUT2D eigenvalue weighted by atomic mass is 16.4. The van der Waals surface area contributed by atoms with Crippen LogP contribution in [-0.2, 0) is 14.4 Å². The van der Waals surface area contributed by atoms with E-state index in [1.807, 2.05) is 13.0 Å². The summed E-state index contributed by atoms with van der Waals surface area (Å²) in [7, 11) is 0. The monoisotopic (exact) mass is 272 g/mol. The lowest BCUT2D eigenvalue weighted by Crippen LogP contribution is -2.36. The molecule has 0 saturated carbocycles. The number of carboxylic acid groups (broad SMARTS) is 2. The van der Waals surface area contributed by atoms with E-state index in [1.54, 1.807) is 0 Å². The smallest absolute Gasteiger partial charge is 0.414 e. The normalized spacial score (nSPS) is 18.1. The Kier molecular flexibility index (Phi) is 8.19. The molecule has 1 atom stereocenters. The van der Waals surface area contributed by atoms with Crippen LogP contribution in [0.2, 0.25) is 0 Å². The number of carbonyl (C=O) groups is 3. The Morgan fingerprint density at radius 2 is 1.95 bits per heavy atom. The number of nitrogens with one attached hydrogen (secondary N) is 1. The van der Waals surface area contributed by atoms with Crippen molar-refractivity contribution in [2.24, 2.45) is 0 Å². The number of hydrogen-bond donors (Lipinski definition) is 3. The first kappa shape index (κ1) is 17.1. The van der Waals surface area contributed by atoms with Crippen molar-refractivity contribution in [1.82, 2.24) is 10.2 Å². The molecule has 1 heterocycles. The van der Waals surface area contributed by atoms with Gasteiger partial charge in [0.25, 0.3) is 0 Å². The molecule has 0 bridgehead atoms. The van der Waals surface area contributed by atoms with Gasteiger partial charge in [0.1, 0.15) is 0 Å². The zero-order valence-electron chi connectivity index (χ0n) is 11.0. The van der Waals surface area contributed by atoms with E-state index in [0.717, 1.165) is 26.1 Å². The molecular formula is C12H20N2O5. The third-order valence-corrected chi connectivity index (χ3v) is 2.53. The molecular weight excluding hydrogens is 252 g/mol. The van der Waals surface area contributed by atoms with Crippen molar-refractivity contribution in [2.45, 2.75) is 25.8 Å². The van der Waals surface area contributed by atoms with Gasteiger partial charge in [-0.2, -0.15) is 0 Å². The number of hydrogen-bond acceptors (Lipinski definition) is 4. The van der Waals surface area contributed by atoms with Crippen LogP contribution in [0.15, 0.2) is 12.7 Å². The van der Waals surface area contributed by atoms with Gasteiger partial charge < -0.3 is 15.5 Å². The second-order valence-corrected chi connectivity index (χ2v) is 4.07. The minimum absolute atomic E-state index is 0.158. The summed E-state index contributed by atoms with van der Waals surface area (Å²) in [6, 6.07) is 0.354. The van der Waals surface area contributed by atoms with E-state index < -0.39 is 11.9 Å². The molecule has 19 heavy (non-hydrogen) atoms. The minimum Gasteiger partial charge on any atom is -0.473 e. The molecule has 7 nitrogen and oxygen atoms in total. The van der Waals surface area contributed by atoms with Crippen molar-refractivity contribution < 1.29 is 24.6 Å². The van der Waals surface area contributed by atoms with Crippen molar-refractivity contribution in [1.29, 1.82) is 0 Å². The first-order valence-electron chi connectivity index (χ1n) is 5.99. The Hall–Kier alpha value is -1.89. The lowest BCUT2D eigenvalue weighted by atomic mass is 10.2. The van der Waals surface area contributed by atoms with Crippen molar-refractivity contribution in [3.05, 3.63) is 12.7 Å². The predicted molar refractivity (Wildman–Crippen MR) is 68.7 cm³/mol. The van der Waals surface area contributed by atoms with Crippen LogP contribution in [0.4, 0.5) is 0 Å². The van der Waals surface area contributed by atoms with Crippen LogP contribution >= 0.6 is 0 Å². The molecule has 3 N–H and O–H groups in total. The number of nitrogens with zero attached hydrogens (tertiary/aromatic N) is 1. The summed E-state index contributed by atoms with van der Waals surface area (Å²) in [6.45, 7) is 8.55. The van der Waals surface area contributed by atoms with Crippen molar-refractivity contribution >= 4 is 17.8 Å². The van der Waals surface area contributed by atoms with Gasteiger partial charge in [-0.3, -0.25) is 9.69 Å². The van der Waals surface area contributed by atoms with Gasteiger partial charge in [-0.1, -0.05) is 13.0 Å². The molecule has 108 valence electrons. The molecule has 1 rings (SSSR count). The second-order valence-electron chi connectivity index (χ2n) is 4.07. The number of aliphatic carboxylic acids is 2. The Bertz CT molecular complexity index is 331. The fourth-order valence-corrected chi connectivity index (χ4v) is 1.63. The lowest BCUT2D eigenvalue weighted by Gasteiger charge is -2.14. The second kappa shape index (κ2) is 9.09. The van der Waals surface area contributed by atoms with Gasteiger partial charge in [0.15, 0.2) is 0 Å². The SMILES string of the molecule is C=CCN1CCC(NC(=O)CC)C1.O=C(O)C(=O)O. The van der Waals surface area contributed by atoms with Crippen molar-refractivity contribution in [2.75, 3.05) is 19.6 Å². The lowest BCUT2D eigenvalue weighted by molar-refractivity contribution is -0.159. The molecule has 1 amide bonds. The minimum atomic E-state index is -1.82. The first-order chi connectivity index (χ1) is 8.90. The quantitative estimate of drug-likeness (QED) is 0.488. The average molecular weight is 272 g/mol. The first-order valence-corrected chi connectivity index (χ1v) is 5.99. The summed E-state index contributed by atoms with van der Waals surface area (Å²) < 4.78 is 0.